The Morgan fingerprint density at radius 1 is 0.966 bits per heavy atom. The van der Waals surface area contributed by atoms with Crippen LogP contribution in [0.5, 0.6) is 0 Å². The third-order valence-corrected chi connectivity index (χ3v) is 5.76. The highest BCUT2D eigenvalue weighted by Gasteiger charge is 2.25. The summed E-state index contributed by atoms with van der Waals surface area (Å²) in [5, 5.41) is 0.923. The number of benzene rings is 2. The van der Waals surface area contributed by atoms with Crippen LogP contribution in [0.4, 0.5) is 0 Å². The van der Waals surface area contributed by atoms with E-state index in [1.165, 1.54) is 0 Å². The van der Waals surface area contributed by atoms with E-state index in [9.17, 15) is 9.59 Å². The van der Waals surface area contributed by atoms with Crippen LogP contribution in [0.2, 0.25) is 0 Å². The molecular formula is C21H18BrN3O4. The smallest absolute Gasteiger partial charge is 0.421 e. The van der Waals surface area contributed by atoms with Gasteiger partial charge < -0.3 is 13.7 Å². The number of nitrogens with zero attached hydrogens (tertiary/aromatic N) is 3. The van der Waals surface area contributed by atoms with E-state index in [0.29, 0.717) is 49.8 Å². The highest BCUT2D eigenvalue weighted by molar-refractivity contribution is 9.10. The highest BCUT2D eigenvalue weighted by atomic mass is 79.9. The number of para-hydroxylation sites is 1. The van der Waals surface area contributed by atoms with Gasteiger partial charge in [-0.05, 0) is 30.3 Å². The molecule has 0 atom stereocenters. The standard InChI is InChI=1S/C21H18BrN3O4/c22-15-5-6-16-18(12-15)29-21(27)25(16)13-23-7-9-24(10-8-23)20(26)19-11-14-3-1-2-4-17(14)28-19/h1-6,11-12H,7-10,13H2. The SMILES string of the molecule is O=C(c1cc2ccccc2o1)N1CCN(Cn2c(=O)oc3cc(Br)ccc32)CC1. The Kier molecular flexibility index (Phi) is 4.52. The number of rotatable bonds is 3. The molecule has 1 aliphatic rings. The van der Waals surface area contributed by atoms with Gasteiger partial charge in [-0.15, -0.1) is 0 Å². The first-order chi connectivity index (χ1) is 14.1. The van der Waals surface area contributed by atoms with Crippen LogP contribution in [-0.2, 0) is 6.67 Å². The van der Waals surface area contributed by atoms with Gasteiger partial charge in [-0.3, -0.25) is 14.3 Å². The summed E-state index contributed by atoms with van der Waals surface area (Å²) in [7, 11) is 0. The van der Waals surface area contributed by atoms with Crippen molar-refractivity contribution in [3.05, 3.63) is 69.3 Å². The second kappa shape index (κ2) is 7.20. The minimum atomic E-state index is -0.376. The summed E-state index contributed by atoms with van der Waals surface area (Å²) in [6.45, 7) is 2.92. The molecule has 0 bridgehead atoms. The van der Waals surface area contributed by atoms with Crippen molar-refractivity contribution in [1.82, 2.24) is 14.4 Å². The lowest BCUT2D eigenvalue weighted by atomic mass is 10.2. The monoisotopic (exact) mass is 455 g/mol. The highest BCUT2D eigenvalue weighted by Crippen LogP contribution is 2.22. The lowest BCUT2D eigenvalue weighted by Gasteiger charge is -2.34. The molecule has 0 aliphatic carbocycles. The Labute approximate surface area is 174 Å². The molecule has 1 fully saturated rings. The third kappa shape index (κ3) is 3.38. The Balaban J connectivity index is 1.28. The summed E-state index contributed by atoms with van der Waals surface area (Å²) >= 11 is 3.39. The van der Waals surface area contributed by atoms with E-state index in [1.54, 1.807) is 21.6 Å². The molecule has 1 saturated heterocycles. The van der Waals surface area contributed by atoms with Crippen molar-refractivity contribution in [2.24, 2.45) is 0 Å². The van der Waals surface area contributed by atoms with Gasteiger partial charge in [0.2, 0.25) is 0 Å². The summed E-state index contributed by atoms with van der Waals surface area (Å²) in [4.78, 5) is 29.0. The van der Waals surface area contributed by atoms with Crippen LogP contribution in [0, 0.1) is 0 Å². The molecular weight excluding hydrogens is 438 g/mol. The van der Waals surface area contributed by atoms with E-state index in [4.69, 9.17) is 8.83 Å². The van der Waals surface area contributed by atoms with Crippen molar-refractivity contribution in [1.29, 1.82) is 0 Å². The van der Waals surface area contributed by atoms with Gasteiger partial charge in [0.1, 0.15) is 5.58 Å². The fourth-order valence-corrected chi connectivity index (χ4v) is 4.05. The van der Waals surface area contributed by atoms with Gasteiger partial charge in [0.05, 0.1) is 12.2 Å². The van der Waals surface area contributed by atoms with Crippen molar-refractivity contribution in [3.8, 4) is 0 Å². The van der Waals surface area contributed by atoms with E-state index < -0.39 is 0 Å². The molecule has 7 nitrogen and oxygen atoms in total. The number of aromatic nitrogens is 1. The molecule has 0 saturated carbocycles. The second-order valence-corrected chi connectivity index (χ2v) is 8.02. The molecule has 0 N–H and O–H groups in total. The maximum absolute atomic E-state index is 12.8. The maximum atomic E-state index is 12.8. The maximum Gasteiger partial charge on any atom is 0.421 e. The zero-order chi connectivity index (χ0) is 20.0. The minimum absolute atomic E-state index is 0.100. The van der Waals surface area contributed by atoms with E-state index in [2.05, 4.69) is 20.8 Å². The predicted octanol–water partition coefficient (Wildman–Crippen LogP) is 3.52. The normalized spacial score (nSPS) is 15.4. The molecule has 2 aromatic carbocycles. The first-order valence-corrected chi connectivity index (χ1v) is 10.2. The molecule has 148 valence electrons. The Hall–Kier alpha value is -2.84. The summed E-state index contributed by atoms with van der Waals surface area (Å²) < 4.78 is 13.5. The molecule has 5 rings (SSSR count). The quantitative estimate of drug-likeness (QED) is 0.472. The number of hydrogen-bond donors (Lipinski definition) is 0. The largest absolute Gasteiger partial charge is 0.451 e. The van der Waals surface area contributed by atoms with Crippen LogP contribution in [-0.4, -0.2) is 46.5 Å². The van der Waals surface area contributed by atoms with Gasteiger partial charge in [-0.25, -0.2) is 4.79 Å². The molecule has 4 aromatic rings. The number of carbonyl (C=O) groups excluding carboxylic acids is 1. The van der Waals surface area contributed by atoms with Gasteiger partial charge in [-0.1, -0.05) is 34.1 Å². The van der Waals surface area contributed by atoms with Gasteiger partial charge in [0.15, 0.2) is 11.3 Å². The second-order valence-electron chi connectivity index (χ2n) is 7.11. The molecule has 3 heterocycles. The summed E-state index contributed by atoms with van der Waals surface area (Å²) in [6.07, 6.45) is 0. The molecule has 1 aliphatic heterocycles. The summed E-state index contributed by atoms with van der Waals surface area (Å²) in [5.74, 6) is -0.113. The van der Waals surface area contributed by atoms with E-state index >= 15 is 0 Å². The topological polar surface area (TPSA) is 71.8 Å². The van der Waals surface area contributed by atoms with Crippen molar-refractivity contribution in [2.75, 3.05) is 26.2 Å². The summed E-state index contributed by atoms with van der Waals surface area (Å²) in [5.41, 5.74) is 2.04. The van der Waals surface area contributed by atoms with Crippen LogP contribution in [0.3, 0.4) is 0 Å². The average Bonchev–Trinajstić information content (AvgIpc) is 3.29. The zero-order valence-corrected chi connectivity index (χ0v) is 17.1. The zero-order valence-electron chi connectivity index (χ0n) is 15.5. The number of piperazine rings is 1. The van der Waals surface area contributed by atoms with E-state index in [0.717, 1.165) is 15.4 Å². The number of furan rings is 1. The van der Waals surface area contributed by atoms with Crippen molar-refractivity contribution >= 4 is 43.9 Å². The fraction of sp³-hybridized carbons (Fsp3) is 0.238. The van der Waals surface area contributed by atoms with Gasteiger partial charge in [-0.2, -0.15) is 0 Å². The number of amides is 1. The Morgan fingerprint density at radius 2 is 1.76 bits per heavy atom. The fourth-order valence-electron chi connectivity index (χ4n) is 3.71. The molecule has 0 spiro atoms. The predicted molar refractivity (Wildman–Crippen MR) is 112 cm³/mol. The van der Waals surface area contributed by atoms with E-state index in [1.807, 2.05) is 36.4 Å². The van der Waals surface area contributed by atoms with Gasteiger partial charge in [0.25, 0.3) is 5.91 Å². The first-order valence-electron chi connectivity index (χ1n) is 9.37. The number of hydrogen-bond acceptors (Lipinski definition) is 5. The van der Waals surface area contributed by atoms with Gasteiger partial charge >= 0.3 is 5.76 Å². The van der Waals surface area contributed by atoms with Crippen LogP contribution >= 0.6 is 15.9 Å². The first kappa shape index (κ1) is 18.2. The minimum Gasteiger partial charge on any atom is -0.451 e. The van der Waals surface area contributed by atoms with Crippen LogP contribution in [0.25, 0.3) is 22.1 Å². The molecule has 8 heteroatoms. The van der Waals surface area contributed by atoms with Crippen LogP contribution in [0.15, 0.2) is 66.6 Å². The van der Waals surface area contributed by atoms with Gasteiger partial charge in [0, 0.05) is 36.0 Å². The third-order valence-electron chi connectivity index (χ3n) is 5.27. The van der Waals surface area contributed by atoms with Crippen molar-refractivity contribution in [3.63, 3.8) is 0 Å². The number of halogens is 1. The van der Waals surface area contributed by atoms with Crippen molar-refractivity contribution < 1.29 is 13.6 Å². The Bertz CT molecular complexity index is 1230. The molecule has 0 radical (unpaired) electrons. The van der Waals surface area contributed by atoms with Crippen LogP contribution in [0.1, 0.15) is 10.6 Å². The Morgan fingerprint density at radius 3 is 2.55 bits per heavy atom. The van der Waals surface area contributed by atoms with Crippen molar-refractivity contribution in [2.45, 2.75) is 6.67 Å². The molecule has 0 unspecified atom stereocenters. The number of carbonyl (C=O) groups is 1. The molecule has 2 aromatic heterocycles. The van der Waals surface area contributed by atoms with E-state index in [-0.39, 0.29) is 11.7 Å². The van der Waals surface area contributed by atoms with Crippen LogP contribution < -0.4 is 5.76 Å². The number of oxazole rings is 1. The molecule has 1 amide bonds. The lowest BCUT2D eigenvalue weighted by molar-refractivity contribution is 0.0565. The molecule has 29 heavy (non-hydrogen) atoms. The lowest BCUT2D eigenvalue weighted by Crippen LogP contribution is -2.49. The average molecular weight is 456 g/mol. The number of fused-ring (bicyclic) bond motifs is 2. The summed E-state index contributed by atoms with van der Waals surface area (Å²) in [6, 6.07) is 14.9.